The highest BCUT2D eigenvalue weighted by atomic mass is 16.1. The third-order valence-corrected chi connectivity index (χ3v) is 4.08. The minimum atomic E-state index is -0.711. The molecule has 9 nitrogen and oxygen atoms in total. The number of hydrogen-bond donors (Lipinski definition) is 4. The van der Waals surface area contributed by atoms with Gasteiger partial charge in [-0.15, -0.1) is 0 Å². The summed E-state index contributed by atoms with van der Waals surface area (Å²) in [5.74, 6) is -0.132. The number of nitrogens with one attached hydrogen (secondary N) is 2. The van der Waals surface area contributed by atoms with Crippen molar-refractivity contribution < 1.29 is 9.59 Å². The molecule has 0 aliphatic heterocycles. The Hall–Kier alpha value is -3.23. The molecule has 1 aliphatic carbocycles. The Bertz CT molecular complexity index is 836. The van der Waals surface area contributed by atoms with Gasteiger partial charge in [0.15, 0.2) is 11.5 Å². The number of carbonyl (C=O) groups is 2. The van der Waals surface area contributed by atoms with Gasteiger partial charge in [-0.05, 0) is 30.9 Å². The summed E-state index contributed by atoms with van der Waals surface area (Å²) in [4.78, 5) is 35.8. The topological polar surface area (TPSA) is 149 Å². The van der Waals surface area contributed by atoms with Gasteiger partial charge in [0.1, 0.15) is 11.9 Å². The second kappa shape index (κ2) is 7.34. The molecule has 2 heterocycles. The van der Waals surface area contributed by atoms with Gasteiger partial charge in [0.2, 0.25) is 5.91 Å². The summed E-state index contributed by atoms with van der Waals surface area (Å²) >= 11 is 0. The number of nitrogens with two attached hydrogens (primary N) is 2. The smallest absolute Gasteiger partial charge is 0.271 e. The van der Waals surface area contributed by atoms with E-state index in [9.17, 15) is 9.59 Å². The van der Waals surface area contributed by atoms with E-state index in [0.29, 0.717) is 23.8 Å². The van der Waals surface area contributed by atoms with E-state index >= 15 is 0 Å². The van der Waals surface area contributed by atoms with Gasteiger partial charge in [-0.25, -0.2) is 9.97 Å². The first-order valence-corrected chi connectivity index (χ1v) is 8.33. The fourth-order valence-corrected chi connectivity index (χ4v) is 2.60. The Balaban J connectivity index is 1.85. The highest BCUT2D eigenvalue weighted by Gasteiger charge is 2.28. The van der Waals surface area contributed by atoms with E-state index in [-0.39, 0.29) is 11.5 Å². The van der Waals surface area contributed by atoms with Crippen LogP contribution in [-0.4, -0.2) is 32.8 Å². The molecule has 26 heavy (non-hydrogen) atoms. The maximum absolute atomic E-state index is 11.7. The first kappa shape index (κ1) is 17.6. The molecule has 2 aromatic heterocycles. The summed E-state index contributed by atoms with van der Waals surface area (Å²) < 4.78 is 0. The van der Waals surface area contributed by atoms with E-state index in [4.69, 9.17) is 11.5 Å². The fourth-order valence-electron chi connectivity index (χ4n) is 2.60. The van der Waals surface area contributed by atoms with Gasteiger partial charge in [0.05, 0.1) is 18.1 Å². The normalized spacial score (nSPS) is 14.5. The lowest BCUT2D eigenvalue weighted by molar-refractivity contribution is -0.118. The van der Waals surface area contributed by atoms with E-state index in [0.717, 1.165) is 18.4 Å². The van der Waals surface area contributed by atoms with Crippen LogP contribution in [0, 0.1) is 12.8 Å². The Labute approximate surface area is 150 Å². The average Bonchev–Trinajstić information content (AvgIpc) is 3.38. The van der Waals surface area contributed by atoms with Gasteiger partial charge in [0, 0.05) is 6.20 Å². The molecule has 1 saturated carbocycles. The fraction of sp³-hybridized carbons (Fsp3) is 0.353. The predicted octanol–water partition coefficient (Wildman–Crippen LogP) is 1.09. The number of nitrogens with zero attached hydrogens (tertiary/aromatic N) is 3. The zero-order valence-corrected chi connectivity index (χ0v) is 14.4. The molecule has 2 aromatic rings. The predicted molar refractivity (Wildman–Crippen MR) is 96.8 cm³/mol. The van der Waals surface area contributed by atoms with Gasteiger partial charge >= 0.3 is 0 Å². The number of carbonyl (C=O) groups excluding carboxylic acids is 2. The number of primary amides is 2. The van der Waals surface area contributed by atoms with Gasteiger partial charge in [-0.2, -0.15) is 0 Å². The van der Waals surface area contributed by atoms with Crippen LogP contribution in [0.3, 0.4) is 0 Å². The van der Waals surface area contributed by atoms with Crippen molar-refractivity contribution >= 4 is 29.1 Å². The van der Waals surface area contributed by atoms with Crippen LogP contribution in [0.15, 0.2) is 24.7 Å². The molecule has 1 unspecified atom stereocenters. The third-order valence-electron chi connectivity index (χ3n) is 4.08. The van der Waals surface area contributed by atoms with Crippen molar-refractivity contribution in [3.63, 3.8) is 0 Å². The molecule has 0 bridgehead atoms. The quantitative estimate of drug-likeness (QED) is 0.553. The SMILES string of the molecule is Cc1cncc(Nc2nc(NC(CC3CC3)C(N)=O)cnc2C(N)=O)c1. The molecule has 3 rings (SSSR count). The lowest BCUT2D eigenvalue weighted by Crippen LogP contribution is -2.36. The van der Waals surface area contributed by atoms with Gasteiger partial charge < -0.3 is 22.1 Å². The molecular weight excluding hydrogens is 334 g/mol. The molecule has 136 valence electrons. The van der Waals surface area contributed by atoms with Crippen molar-refractivity contribution in [2.24, 2.45) is 17.4 Å². The lowest BCUT2D eigenvalue weighted by atomic mass is 10.1. The lowest BCUT2D eigenvalue weighted by Gasteiger charge is -2.17. The average molecular weight is 355 g/mol. The second-order valence-corrected chi connectivity index (χ2v) is 6.47. The van der Waals surface area contributed by atoms with Gasteiger partial charge in [0.25, 0.3) is 5.91 Å². The summed E-state index contributed by atoms with van der Waals surface area (Å²) in [5.41, 5.74) is 12.4. The summed E-state index contributed by atoms with van der Waals surface area (Å²) in [6, 6.07) is 1.31. The molecule has 1 atom stereocenters. The van der Waals surface area contributed by atoms with Gasteiger partial charge in [-0.1, -0.05) is 12.8 Å². The van der Waals surface area contributed by atoms with E-state index in [1.165, 1.54) is 6.20 Å². The highest BCUT2D eigenvalue weighted by molar-refractivity contribution is 5.96. The number of anilines is 3. The first-order valence-electron chi connectivity index (χ1n) is 8.33. The maximum Gasteiger partial charge on any atom is 0.271 e. The number of amides is 2. The molecule has 0 aromatic carbocycles. The van der Waals surface area contributed by atoms with Crippen LogP contribution in [0.1, 0.15) is 35.3 Å². The monoisotopic (exact) mass is 355 g/mol. The molecule has 0 saturated heterocycles. The number of hydrogen-bond acceptors (Lipinski definition) is 7. The zero-order valence-electron chi connectivity index (χ0n) is 14.4. The van der Waals surface area contributed by atoms with Crippen LogP contribution < -0.4 is 22.1 Å². The van der Waals surface area contributed by atoms with E-state index in [1.54, 1.807) is 12.4 Å². The Morgan fingerprint density at radius 3 is 2.65 bits per heavy atom. The van der Waals surface area contributed by atoms with Crippen LogP contribution in [0.25, 0.3) is 0 Å². The second-order valence-electron chi connectivity index (χ2n) is 6.47. The minimum absolute atomic E-state index is 0.00475. The molecule has 0 radical (unpaired) electrons. The number of aryl methyl sites for hydroxylation is 1. The largest absolute Gasteiger partial charge is 0.368 e. The van der Waals surface area contributed by atoms with Crippen molar-refractivity contribution in [1.29, 1.82) is 0 Å². The van der Waals surface area contributed by atoms with Crippen LogP contribution in [-0.2, 0) is 4.79 Å². The van der Waals surface area contributed by atoms with Gasteiger partial charge in [-0.3, -0.25) is 14.6 Å². The van der Waals surface area contributed by atoms with Crippen LogP contribution >= 0.6 is 0 Å². The molecular formula is C17H21N7O2. The summed E-state index contributed by atoms with van der Waals surface area (Å²) in [7, 11) is 0. The summed E-state index contributed by atoms with van der Waals surface area (Å²) in [5, 5.41) is 6.00. The standard InChI is InChI=1S/C17H21N7O2/c1-9-4-11(7-20-6-9)22-17-14(16(19)26)21-8-13(24-17)23-12(15(18)25)5-10-2-3-10/h4,6-8,10,12H,2-3,5H2,1H3,(H2,18,25)(H2,19,26)(H2,22,23,24). The molecule has 9 heteroatoms. The van der Waals surface area contributed by atoms with Crippen molar-refractivity contribution in [3.05, 3.63) is 35.9 Å². The Morgan fingerprint density at radius 1 is 1.27 bits per heavy atom. The molecule has 1 aliphatic rings. The summed E-state index contributed by atoms with van der Waals surface area (Å²) in [6.07, 6.45) is 7.52. The Morgan fingerprint density at radius 2 is 2.04 bits per heavy atom. The number of pyridine rings is 1. The van der Waals surface area contributed by atoms with Crippen molar-refractivity contribution in [2.75, 3.05) is 10.6 Å². The maximum atomic E-state index is 11.7. The zero-order chi connectivity index (χ0) is 18.7. The van der Waals surface area contributed by atoms with E-state index < -0.39 is 17.9 Å². The molecule has 6 N–H and O–H groups in total. The summed E-state index contributed by atoms with van der Waals surface area (Å²) in [6.45, 7) is 1.90. The highest BCUT2D eigenvalue weighted by Crippen LogP contribution is 2.34. The van der Waals surface area contributed by atoms with Crippen molar-refractivity contribution in [2.45, 2.75) is 32.2 Å². The number of aromatic nitrogens is 3. The van der Waals surface area contributed by atoms with Crippen molar-refractivity contribution in [1.82, 2.24) is 15.0 Å². The molecule has 1 fully saturated rings. The van der Waals surface area contributed by atoms with E-state index in [2.05, 4.69) is 25.6 Å². The molecule has 2 amide bonds. The van der Waals surface area contributed by atoms with E-state index in [1.807, 2.05) is 13.0 Å². The third kappa shape index (κ3) is 4.44. The van der Waals surface area contributed by atoms with Crippen LogP contribution in [0.2, 0.25) is 0 Å². The molecule has 0 spiro atoms. The van der Waals surface area contributed by atoms with Crippen LogP contribution in [0.4, 0.5) is 17.3 Å². The van der Waals surface area contributed by atoms with Crippen LogP contribution in [0.5, 0.6) is 0 Å². The van der Waals surface area contributed by atoms with Crippen molar-refractivity contribution in [3.8, 4) is 0 Å². The Kier molecular flexibility index (Phi) is 4.97. The minimum Gasteiger partial charge on any atom is -0.368 e. The first-order chi connectivity index (χ1) is 12.4. The number of rotatable bonds is 8.